The fourth-order valence-corrected chi connectivity index (χ4v) is 5.09. The van der Waals surface area contributed by atoms with Crippen LogP contribution in [0, 0.1) is 5.41 Å². The quantitative estimate of drug-likeness (QED) is 0.871. The molecule has 0 bridgehead atoms. The van der Waals surface area contributed by atoms with Gasteiger partial charge in [0.15, 0.2) is 0 Å². The number of carbonyl (C=O) groups excluding carboxylic acids is 1. The predicted octanol–water partition coefficient (Wildman–Crippen LogP) is 2.32. The van der Waals surface area contributed by atoms with E-state index in [0.29, 0.717) is 18.0 Å². The van der Waals surface area contributed by atoms with E-state index in [0.717, 1.165) is 51.9 Å². The number of aromatic nitrogens is 1. The molecule has 0 unspecified atom stereocenters. The zero-order valence-electron chi connectivity index (χ0n) is 14.9. The van der Waals surface area contributed by atoms with Gasteiger partial charge in [0.05, 0.1) is 12.6 Å². The molecule has 3 fully saturated rings. The van der Waals surface area contributed by atoms with Crippen LogP contribution >= 0.6 is 11.3 Å². The van der Waals surface area contributed by atoms with Crippen LogP contribution in [0.4, 0.5) is 4.79 Å². The maximum absolute atomic E-state index is 12.4. The van der Waals surface area contributed by atoms with Crippen molar-refractivity contribution in [3.63, 3.8) is 0 Å². The standard InChI is InChI=1S/C18H28N4O2S/c1-21(13-16-19-6-10-25-16)15-11-18(15)4-7-22(8-5-18)17(23)20-12-14-3-2-9-24-14/h6,10,14-15H,2-5,7-9,11-13H2,1H3,(H,20,23)/t14-,15-/m0/s1. The summed E-state index contributed by atoms with van der Waals surface area (Å²) in [7, 11) is 2.21. The zero-order chi connectivity index (χ0) is 17.3. The van der Waals surface area contributed by atoms with Gasteiger partial charge in [0, 0.05) is 43.9 Å². The van der Waals surface area contributed by atoms with E-state index in [9.17, 15) is 4.79 Å². The lowest BCUT2D eigenvalue weighted by Crippen LogP contribution is -2.47. The molecule has 138 valence electrons. The van der Waals surface area contributed by atoms with Gasteiger partial charge >= 0.3 is 6.03 Å². The lowest BCUT2D eigenvalue weighted by molar-refractivity contribution is 0.105. The Labute approximate surface area is 153 Å². The fourth-order valence-electron chi connectivity index (χ4n) is 4.41. The van der Waals surface area contributed by atoms with Crippen LogP contribution in [0.3, 0.4) is 0 Å². The number of hydrogen-bond acceptors (Lipinski definition) is 5. The minimum Gasteiger partial charge on any atom is -0.376 e. The molecule has 2 atom stereocenters. The third-order valence-corrected chi connectivity index (χ3v) is 6.86. The smallest absolute Gasteiger partial charge is 0.317 e. The van der Waals surface area contributed by atoms with Crippen molar-refractivity contribution in [2.75, 3.05) is 33.3 Å². The second kappa shape index (κ2) is 7.21. The van der Waals surface area contributed by atoms with E-state index in [-0.39, 0.29) is 12.1 Å². The Hall–Kier alpha value is -1.18. The molecule has 4 rings (SSSR count). The highest BCUT2D eigenvalue weighted by Crippen LogP contribution is 2.56. The minimum absolute atomic E-state index is 0.0821. The predicted molar refractivity (Wildman–Crippen MR) is 97.6 cm³/mol. The Bertz CT molecular complexity index is 580. The number of carbonyl (C=O) groups is 1. The highest BCUT2D eigenvalue weighted by molar-refractivity contribution is 7.09. The van der Waals surface area contributed by atoms with Crippen molar-refractivity contribution in [1.29, 1.82) is 0 Å². The van der Waals surface area contributed by atoms with Crippen LogP contribution < -0.4 is 5.32 Å². The van der Waals surface area contributed by atoms with Crippen LogP contribution in [0.2, 0.25) is 0 Å². The Morgan fingerprint density at radius 3 is 3.04 bits per heavy atom. The van der Waals surface area contributed by atoms with Gasteiger partial charge in [-0.25, -0.2) is 9.78 Å². The summed E-state index contributed by atoms with van der Waals surface area (Å²) in [5, 5.41) is 6.28. The summed E-state index contributed by atoms with van der Waals surface area (Å²) in [6.07, 6.45) is 7.77. The number of rotatable bonds is 5. The molecule has 2 saturated heterocycles. The second-order valence-corrected chi connectivity index (χ2v) is 8.71. The van der Waals surface area contributed by atoms with Crippen molar-refractivity contribution < 1.29 is 9.53 Å². The van der Waals surface area contributed by atoms with Crippen LogP contribution in [0.5, 0.6) is 0 Å². The number of urea groups is 1. The third-order valence-electron chi connectivity index (χ3n) is 6.10. The van der Waals surface area contributed by atoms with Gasteiger partial charge in [0.1, 0.15) is 5.01 Å². The van der Waals surface area contributed by atoms with Crippen LogP contribution in [0.15, 0.2) is 11.6 Å². The first-order valence-corrected chi connectivity index (χ1v) is 10.3. The molecular formula is C18H28N4O2S. The van der Waals surface area contributed by atoms with Crippen molar-refractivity contribution in [1.82, 2.24) is 20.1 Å². The number of nitrogens with one attached hydrogen (secondary N) is 1. The van der Waals surface area contributed by atoms with Crippen molar-refractivity contribution in [2.24, 2.45) is 5.41 Å². The van der Waals surface area contributed by atoms with E-state index in [1.807, 2.05) is 16.5 Å². The Balaban J connectivity index is 1.21. The highest BCUT2D eigenvalue weighted by atomic mass is 32.1. The molecule has 1 aromatic rings. The third kappa shape index (κ3) is 3.83. The first-order valence-electron chi connectivity index (χ1n) is 9.39. The van der Waals surface area contributed by atoms with E-state index < -0.39 is 0 Å². The van der Waals surface area contributed by atoms with Crippen LogP contribution in [0.1, 0.15) is 37.1 Å². The maximum Gasteiger partial charge on any atom is 0.317 e. The average molecular weight is 365 g/mol. The number of nitrogens with zero attached hydrogens (tertiary/aromatic N) is 3. The van der Waals surface area contributed by atoms with Crippen molar-refractivity contribution in [3.8, 4) is 0 Å². The number of ether oxygens (including phenoxy) is 1. The number of likely N-dealkylation sites (tertiary alicyclic amines) is 1. The van der Waals surface area contributed by atoms with E-state index >= 15 is 0 Å². The summed E-state index contributed by atoms with van der Waals surface area (Å²) in [5.74, 6) is 0. The molecule has 2 amide bonds. The lowest BCUT2D eigenvalue weighted by Gasteiger charge is -2.34. The Morgan fingerprint density at radius 1 is 1.52 bits per heavy atom. The van der Waals surface area contributed by atoms with Crippen LogP contribution in [-0.4, -0.2) is 66.2 Å². The molecule has 25 heavy (non-hydrogen) atoms. The molecule has 1 saturated carbocycles. The molecule has 1 aromatic heterocycles. The molecule has 7 heteroatoms. The Morgan fingerprint density at radius 2 is 2.36 bits per heavy atom. The number of hydrogen-bond donors (Lipinski definition) is 1. The van der Waals surface area contributed by atoms with Gasteiger partial charge in [0.25, 0.3) is 0 Å². The normalized spacial score (nSPS) is 27.8. The van der Waals surface area contributed by atoms with E-state index in [1.54, 1.807) is 11.3 Å². The largest absolute Gasteiger partial charge is 0.376 e. The van der Waals surface area contributed by atoms with Gasteiger partial charge in [-0.2, -0.15) is 0 Å². The second-order valence-electron chi connectivity index (χ2n) is 7.73. The van der Waals surface area contributed by atoms with Crippen molar-refractivity contribution >= 4 is 17.4 Å². The van der Waals surface area contributed by atoms with Gasteiger partial charge in [-0.15, -0.1) is 11.3 Å². The van der Waals surface area contributed by atoms with Crippen molar-refractivity contribution in [3.05, 3.63) is 16.6 Å². The molecule has 1 N–H and O–H groups in total. The number of amides is 2. The summed E-state index contributed by atoms with van der Waals surface area (Å²) in [4.78, 5) is 21.2. The molecule has 3 heterocycles. The molecular weight excluding hydrogens is 336 g/mol. The monoisotopic (exact) mass is 364 g/mol. The zero-order valence-corrected chi connectivity index (χ0v) is 15.8. The summed E-state index contributed by atoms with van der Waals surface area (Å²) in [6.45, 7) is 4.18. The molecule has 6 nitrogen and oxygen atoms in total. The van der Waals surface area contributed by atoms with Crippen LogP contribution in [0.25, 0.3) is 0 Å². The summed E-state index contributed by atoms with van der Waals surface area (Å²) in [5.41, 5.74) is 0.428. The maximum atomic E-state index is 12.4. The van der Waals surface area contributed by atoms with Crippen LogP contribution in [-0.2, 0) is 11.3 Å². The number of piperidine rings is 1. The van der Waals surface area contributed by atoms with Gasteiger partial charge in [-0.3, -0.25) is 4.90 Å². The van der Waals surface area contributed by atoms with Gasteiger partial charge in [0.2, 0.25) is 0 Å². The molecule has 0 aromatic carbocycles. The van der Waals surface area contributed by atoms with Gasteiger partial charge in [-0.1, -0.05) is 0 Å². The van der Waals surface area contributed by atoms with E-state index in [4.69, 9.17) is 4.74 Å². The summed E-state index contributed by atoms with van der Waals surface area (Å²) in [6, 6.07) is 0.729. The topological polar surface area (TPSA) is 57.7 Å². The molecule has 0 radical (unpaired) electrons. The first-order chi connectivity index (χ1) is 12.2. The Kier molecular flexibility index (Phi) is 4.97. The highest BCUT2D eigenvalue weighted by Gasteiger charge is 2.56. The average Bonchev–Trinajstić information content (AvgIpc) is 3.04. The number of thiazole rings is 1. The van der Waals surface area contributed by atoms with Gasteiger partial charge < -0.3 is 15.0 Å². The lowest BCUT2D eigenvalue weighted by atomic mass is 9.92. The molecule has 3 aliphatic rings. The van der Waals surface area contributed by atoms with Gasteiger partial charge in [-0.05, 0) is 44.6 Å². The molecule has 2 aliphatic heterocycles. The molecule has 1 aliphatic carbocycles. The molecule has 1 spiro atoms. The van der Waals surface area contributed by atoms with Crippen molar-refractivity contribution in [2.45, 2.75) is 50.8 Å². The summed E-state index contributed by atoms with van der Waals surface area (Å²) < 4.78 is 5.57. The van der Waals surface area contributed by atoms with E-state index in [2.05, 4.69) is 22.2 Å². The first kappa shape index (κ1) is 17.2. The fraction of sp³-hybridized carbons (Fsp3) is 0.778. The van der Waals surface area contributed by atoms with E-state index in [1.165, 1.54) is 11.4 Å². The minimum atomic E-state index is 0.0821. The summed E-state index contributed by atoms with van der Waals surface area (Å²) >= 11 is 1.73. The SMILES string of the molecule is CN(Cc1nccs1)[C@H]1CC12CCN(C(=O)NC[C@@H]1CCCO1)CC2.